The minimum absolute atomic E-state index is 0.0904. The number of carbonyl (C=O) groups excluding carboxylic acids is 1. The fraction of sp³-hybridized carbons (Fsp3) is 0.400. The van der Waals surface area contributed by atoms with Crippen LogP contribution in [0.5, 0.6) is 5.75 Å². The Morgan fingerprint density at radius 2 is 2.29 bits per heavy atom. The Morgan fingerprint density at radius 1 is 1.65 bits per heavy atom. The molecule has 4 nitrogen and oxygen atoms in total. The van der Waals surface area contributed by atoms with E-state index < -0.39 is 23.8 Å². The molecule has 0 atom stereocenters. The van der Waals surface area contributed by atoms with E-state index in [0.717, 1.165) is 6.07 Å². The molecule has 0 aliphatic rings. The van der Waals surface area contributed by atoms with Crippen molar-refractivity contribution in [2.24, 2.45) is 0 Å². The van der Waals surface area contributed by atoms with Crippen LogP contribution in [0.25, 0.3) is 0 Å². The lowest BCUT2D eigenvalue weighted by Crippen LogP contribution is -2.12. The van der Waals surface area contributed by atoms with E-state index in [4.69, 9.17) is 11.6 Å². The Labute approximate surface area is 101 Å². The largest absolute Gasteiger partial charge is 0.506 e. The van der Waals surface area contributed by atoms with Gasteiger partial charge in [-0.25, -0.2) is 18.6 Å². The number of carbonyl (C=O) groups is 1. The predicted molar refractivity (Wildman–Crippen MR) is 56.4 cm³/mol. The van der Waals surface area contributed by atoms with Crippen molar-refractivity contribution >= 4 is 17.6 Å². The number of hydrogen-bond donors (Lipinski definition) is 1. The summed E-state index contributed by atoms with van der Waals surface area (Å²) in [6.07, 6.45) is -2.98. The highest BCUT2D eigenvalue weighted by atomic mass is 35.5. The topological polar surface area (TPSA) is 59.4 Å². The molecule has 0 saturated carbocycles. The van der Waals surface area contributed by atoms with E-state index in [2.05, 4.69) is 9.72 Å². The number of esters is 1. The number of ether oxygens (including phenoxy) is 1. The average molecular weight is 266 g/mol. The molecule has 0 bridgehead atoms. The zero-order chi connectivity index (χ0) is 13.0. The fourth-order valence-corrected chi connectivity index (χ4v) is 1.40. The van der Waals surface area contributed by atoms with Crippen molar-refractivity contribution in [2.75, 3.05) is 6.61 Å². The Balaban J connectivity index is 3.26. The van der Waals surface area contributed by atoms with Gasteiger partial charge in [0.2, 0.25) is 0 Å². The van der Waals surface area contributed by atoms with Crippen LogP contribution >= 0.6 is 11.6 Å². The Hall–Kier alpha value is -1.43. The van der Waals surface area contributed by atoms with E-state index in [9.17, 15) is 18.7 Å². The molecule has 7 heteroatoms. The molecule has 0 fully saturated rings. The third-order valence-electron chi connectivity index (χ3n) is 1.93. The van der Waals surface area contributed by atoms with Crippen LogP contribution in [0.15, 0.2) is 6.07 Å². The Morgan fingerprint density at radius 3 is 2.76 bits per heavy atom. The lowest BCUT2D eigenvalue weighted by Gasteiger charge is -2.09. The highest BCUT2D eigenvalue weighted by Gasteiger charge is 2.22. The average Bonchev–Trinajstić information content (AvgIpc) is 2.28. The first-order chi connectivity index (χ1) is 8.01. The normalized spacial score (nSPS) is 10.6. The van der Waals surface area contributed by atoms with Crippen molar-refractivity contribution in [1.29, 1.82) is 0 Å². The number of alkyl halides is 3. The number of hydrogen-bond acceptors (Lipinski definition) is 4. The lowest BCUT2D eigenvalue weighted by molar-refractivity contribution is 0.0516. The fourth-order valence-electron chi connectivity index (χ4n) is 1.20. The second-order valence-corrected chi connectivity index (χ2v) is 3.32. The Kier molecular flexibility index (Phi) is 4.62. The molecule has 0 aromatic carbocycles. The van der Waals surface area contributed by atoms with Crippen LogP contribution in [0.1, 0.15) is 35.1 Å². The summed E-state index contributed by atoms with van der Waals surface area (Å²) in [7, 11) is 0. The number of pyridine rings is 1. The van der Waals surface area contributed by atoms with Crippen molar-refractivity contribution in [3.05, 3.63) is 23.0 Å². The Bertz CT molecular complexity index is 426. The van der Waals surface area contributed by atoms with Crippen LogP contribution in [-0.4, -0.2) is 22.7 Å². The summed E-state index contributed by atoms with van der Waals surface area (Å²) in [5, 5.41) is 9.28. The van der Waals surface area contributed by atoms with Crippen LogP contribution in [0.3, 0.4) is 0 Å². The highest BCUT2D eigenvalue weighted by Crippen LogP contribution is 2.29. The van der Waals surface area contributed by atoms with Gasteiger partial charge in [-0.3, -0.25) is 0 Å². The minimum Gasteiger partial charge on any atom is -0.506 e. The summed E-state index contributed by atoms with van der Waals surface area (Å²) < 4.78 is 29.6. The first-order valence-corrected chi connectivity index (χ1v) is 5.28. The maximum atomic E-state index is 12.5. The van der Waals surface area contributed by atoms with Crippen molar-refractivity contribution in [3.8, 4) is 5.75 Å². The van der Waals surface area contributed by atoms with Gasteiger partial charge < -0.3 is 9.84 Å². The van der Waals surface area contributed by atoms with Crippen molar-refractivity contribution < 1.29 is 23.4 Å². The maximum absolute atomic E-state index is 12.5. The monoisotopic (exact) mass is 265 g/mol. The molecule has 1 aromatic rings. The van der Waals surface area contributed by atoms with Gasteiger partial charge in [0.25, 0.3) is 6.43 Å². The molecule has 0 amide bonds. The molecular formula is C10H10ClF2NO3. The van der Waals surface area contributed by atoms with Crippen LogP contribution in [-0.2, 0) is 10.6 Å². The van der Waals surface area contributed by atoms with E-state index in [-0.39, 0.29) is 23.7 Å². The number of aromatic nitrogens is 1. The molecule has 0 aliphatic heterocycles. The summed E-state index contributed by atoms with van der Waals surface area (Å²) in [4.78, 5) is 14.8. The van der Waals surface area contributed by atoms with E-state index in [1.807, 2.05) is 0 Å². The molecule has 0 saturated heterocycles. The van der Waals surface area contributed by atoms with Gasteiger partial charge in [0, 0.05) is 11.4 Å². The molecule has 0 unspecified atom stereocenters. The van der Waals surface area contributed by atoms with Gasteiger partial charge in [0.1, 0.15) is 11.4 Å². The van der Waals surface area contributed by atoms with Crippen LogP contribution in [0, 0.1) is 0 Å². The summed E-state index contributed by atoms with van der Waals surface area (Å²) in [6.45, 7) is 1.67. The van der Waals surface area contributed by atoms with Gasteiger partial charge in [-0.05, 0) is 13.0 Å². The quantitative estimate of drug-likeness (QED) is 0.672. The third kappa shape index (κ3) is 3.03. The maximum Gasteiger partial charge on any atom is 0.357 e. The molecular weight excluding hydrogens is 256 g/mol. The van der Waals surface area contributed by atoms with Crippen LogP contribution in [0.2, 0.25) is 0 Å². The molecule has 1 aromatic heterocycles. The minimum atomic E-state index is -2.98. The molecule has 1 N–H and O–H groups in total. The van der Waals surface area contributed by atoms with Gasteiger partial charge >= 0.3 is 5.97 Å². The molecule has 0 aliphatic carbocycles. The molecule has 0 spiro atoms. The van der Waals surface area contributed by atoms with E-state index in [0.29, 0.717) is 0 Å². The van der Waals surface area contributed by atoms with Crippen molar-refractivity contribution in [3.63, 3.8) is 0 Å². The zero-order valence-corrected chi connectivity index (χ0v) is 9.67. The second kappa shape index (κ2) is 5.77. The van der Waals surface area contributed by atoms with Crippen molar-refractivity contribution in [2.45, 2.75) is 19.2 Å². The zero-order valence-electron chi connectivity index (χ0n) is 8.91. The van der Waals surface area contributed by atoms with Gasteiger partial charge in [0.15, 0.2) is 5.69 Å². The first kappa shape index (κ1) is 13.6. The van der Waals surface area contributed by atoms with E-state index >= 15 is 0 Å². The summed E-state index contributed by atoms with van der Waals surface area (Å²) in [5.74, 6) is -1.67. The van der Waals surface area contributed by atoms with Gasteiger partial charge in [-0.15, -0.1) is 11.6 Å². The lowest BCUT2D eigenvalue weighted by atomic mass is 10.2. The van der Waals surface area contributed by atoms with Gasteiger partial charge in [-0.2, -0.15) is 0 Å². The molecule has 94 valence electrons. The second-order valence-electron chi connectivity index (χ2n) is 3.06. The third-order valence-corrected chi connectivity index (χ3v) is 2.22. The SMILES string of the molecule is CCOC(=O)c1nc(C(F)F)c(O)cc1CCl. The smallest absolute Gasteiger partial charge is 0.357 e. The molecule has 17 heavy (non-hydrogen) atoms. The highest BCUT2D eigenvalue weighted by molar-refractivity contribution is 6.17. The number of aromatic hydroxyl groups is 1. The standard InChI is InChI=1S/C10H10ClF2NO3/c1-2-17-10(16)7-5(4-11)3-6(15)8(14-7)9(12)13/h3,9,15H,2,4H2,1H3. The number of rotatable bonds is 4. The van der Waals surface area contributed by atoms with E-state index in [1.165, 1.54) is 0 Å². The van der Waals surface area contributed by atoms with Crippen molar-refractivity contribution in [1.82, 2.24) is 4.98 Å². The first-order valence-electron chi connectivity index (χ1n) is 4.75. The van der Waals surface area contributed by atoms with Crippen LogP contribution in [0.4, 0.5) is 8.78 Å². The summed E-state index contributed by atoms with van der Waals surface area (Å²) >= 11 is 5.53. The summed E-state index contributed by atoms with van der Waals surface area (Å²) in [6, 6.07) is 0.994. The predicted octanol–water partition coefficient (Wildman–Crippen LogP) is 2.64. The van der Waals surface area contributed by atoms with E-state index in [1.54, 1.807) is 6.92 Å². The molecule has 1 rings (SSSR count). The number of nitrogens with zero attached hydrogens (tertiary/aromatic N) is 1. The number of halogens is 3. The van der Waals surface area contributed by atoms with Gasteiger partial charge in [-0.1, -0.05) is 0 Å². The summed E-state index contributed by atoms with van der Waals surface area (Å²) in [5.41, 5.74) is -1.01. The molecule has 0 radical (unpaired) electrons. The van der Waals surface area contributed by atoms with Gasteiger partial charge in [0.05, 0.1) is 6.61 Å². The molecule has 1 heterocycles. The van der Waals surface area contributed by atoms with Crippen LogP contribution < -0.4 is 0 Å².